The van der Waals surface area contributed by atoms with Gasteiger partial charge in [-0.3, -0.25) is 14.9 Å². The van der Waals surface area contributed by atoms with Crippen molar-refractivity contribution in [3.63, 3.8) is 0 Å². The first-order chi connectivity index (χ1) is 14.9. The summed E-state index contributed by atoms with van der Waals surface area (Å²) < 4.78 is 27.7. The maximum atomic E-state index is 13.3. The molecule has 0 saturated heterocycles. The van der Waals surface area contributed by atoms with Gasteiger partial charge in [0.1, 0.15) is 17.3 Å². The van der Waals surface area contributed by atoms with E-state index in [9.17, 15) is 23.7 Å². The van der Waals surface area contributed by atoms with Crippen LogP contribution in [0.2, 0.25) is 0 Å². The highest BCUT2D eigenvalue weighted by Crippen LogP contribution is 2.25. The topological polar surface area (TPSA) is 90.1 Å². The van der Waals surface area contributed by atoms with Gasteiger partial charge in [-0.15, -0.1) is 0 Å². The van der Waals surface area contributed by atoms with Crippen LogP contribution in [-0.2, 0) is 0 Å². The van der Waals surface area contributed by atoms with E-state index >= 15 is 0 Å². The molecule has 1 amide bonds. The molecule has 7 nitrogen and oxygen atoms in total. The van der Waals surface area contributed by atoms with Gasteiger partial charge < -0.3 is 5.32 Å². The summed E-state index contributed by atoms with van der Waals surface area (Å²) in [6.45, 7) is 0. The number of nitro benzene ring substituents is 1. The van der Waals surface area contributed by atoms with Crippen LogP contribution in [0.3, 0.4) is 0 Å². The van der Waals surface area contributed by atoms with Crippen molar-refractivity contribution in [1.82, 2.24) is 9.78 Å². The second-order valence-electron chi connectivity index (χ2n) is 6.57. The van der Waals surface area contributed by atoms with Gasteiger partial charge in [-0.1, -0.05) is 6.07 Å². The molecule has 0 unspecified atom stereocenters. The first-order valence-electron chi connectivity index (χ1n) is 9.08. The molecular formula is C22H14F2N4O3. The quantitative estimate of drug-likeness (QED) is 0.364. The molecule has 3 aromatic carbocycles. The molecular weight excluding hydrogens is 406 g/mol. The van der Waals surface area contributed by atoms with E-state index in [1.165, 1.54) is 77.5 Å². The van der Waals surface area contributed by atoms with E-state index in [2.05, 4.69) is 10.4 Å². The summed E-state index contributed by atoms with van der Waals surface area (Å²) in [6, 6.07) is 17.9. The Balaban J connectivity index is 1.79. The molecule has 4 rings (SSSR count). The zero-order valence-corrected chi connectivity index (χ0v) is 15.8. The first-order valence-corrected chi connectivity index (χ1v) is 9.08. The fourth-order valence-corrected chi connectivity index (χ4v) is 2.97. The van der Waals surface area contributed by atoms with E-state index in [1.54, 1.807) is 6.07 Å². The van der Waals surface area contributed by atoms with Crippen LogP contribution in [0.15, 0.2) is 78.9 Å². The van der Waals surface area contributed by atoms with Crippen molar-refractivity contribution in [2.24, 2.45) is 0 Å². The van der Waals surface area contributed by atoms with Gasteiger partial charge in [0.15, 0.2) is 0 Å². The maximum Gasteiger partial charge on any atom is 0.274 e. The monoisotopic (exact) mass is 420 g/mol. The zero-order chi connectivity index (χ0) is 22.0. The van der Waals surface area contributed by atoms with Crippen LogP contribution in [-0.4, -0.2) is 20.6 Å². The first kappa shape index (κ1) is 19.9. The minimum absolute atomic E-state index is 0.0872. The second-order valence-corrected chi connectivity index (χ2v) is 6.57. The number of benzene rings is 3. The predicted octanol–water partition coefficient (Wildman–Crippen LogP) is 4.98. The molecule has 1 heterocycles. The Morgan fingerprint density at radius 2 is 1.58 bits per heavy atom. The average Bonchev–Trinajstić information content (AvgIpc) is 3.21. The minimum Gasteiger partial charge on any atom is -0.321 e. The Morgan fingerprint density at radius 1 is 0.935 bits per heavy atom. The van der Waals surface area contributed by atoms with Gasteiger partial charge in [0.05, 0.1) is 16.3 Å². The summed E-state index contributed by atoms with van der Waals surface area (Å²) in [4.78, 5) is 23.6. The van der Waals surface area contributed by atoms with Crippen molar-refractivity contribution < 1.29 is 18.5 Å². The molecule has 0 spiro atoms. The number of nitrogens with zero attached hydrogens (tertiary/aromatic N) is 3. The molecule has 4 aromatic rings. The summed E-state index contributed by atoms with van der Waals surface area (Å²) in [5.74, 6) is -1.42. The number of hydrogen-bond acceptors (Lipinski definition) is 4. The van der Waals surface area contributed by atoms with E-state index in [1.807, 2.05) is 0 Å². The third-order valence-corrected chi connectivity index (χ3v) is 4.47. The molecule has 0 saturated carbocycles. The van der Waals surface area contributed by atoms with Gasteiger partial charge >= 0.3 is 0 Å². The molecule has 0 fully saturated rings. The van der Waals surface area contributed by atoms with E-state index in [0.717, 1.165) is 0 Å². The molecule has 0 aliphatic heterocycles. The fourth-order valence-electron chi connectivity index (χ4n) is 2.97. The zero-order valence-electron chi connectivity index (χ0n) is 15.8. The summed E-state index contributed by atoms with van der Waals surface area (Å²) in [5.41, 5.74) is 1.51. The Hall–Kier alpha value is -4.40. The average molecular weight is 420 g/mol. The highest BCUT2D eigenvalue weighted by molar-refractivity contribution is 6.04. The summed E-state index contributed by atoms with van der Waals surface area (Å²) in [6.07, 6.45) is 0. The van der Waals surface area contributed by atoms with Gasteiger partial charge in [-0.2, -0.15) is 5.10 Å². The molecule has 154 valence electrons. The third-order valence-electron chi connectivity index (χ3n) is 4.47. The summed E-state index contributed by atoms with van der Waals surface area (Å²) in [5, 5.41) is 18.2. The van der Waals surface area contributed by atoms with Crippen molar-refractivity contribution in [3.05, 3.63) is 106 Å². The molecule has 1 aromatic heterocycles. The SMILES string of the molecule is O=C(Nc1ccc(F)cc1)c1cc(-c2ccc(F)cc2)nn1-c1cccc([N+](=O)[O-])c1. The molecule has 1 N–H and O–H groups in total. The normalized spacial score (nSPS) is 10.6. The molecule has 9 heteroatoms. The van der Waals surface area contributed by atoms with Crippen molar-refractivity contribution in [2.45, 2.75) is 0 Å². The standard InChI is InChI=1S/C22H14F2N4O3/c23-15-6-4-14(5-7-15)20-13-21(22(29)25-17-10-8-16(24)9-11-17)27(26-20)18-2-1-3-19(12-18)28(30)31/h1-13H,(H,25,29). The lowest BCUT2D eigenvalue weighted by atomic mass is 10.1. The van der Waals surface area contributed by atoms with E-state index in [-0.39, 0.29) is 11.4 Å². The lowest BCUT2D eigenvalue weighted by Gasteiger charge is -2.08. The van der Waals surface area contributed by atoms with E-state index < -0.39 is 22.5 Å². The number of halogens is 2. The Kier molecular flexibility index (Phi) is 5.23. The van der Waals surface area contributed by atoms with Crippen molar-refractivity contribution >= 4 is 17.3 Å². The maximum absolute atomic E-state index is 13.3. The lowest BCUT2D eigenvalue weighted by Crippen LogP contribution is -2.17. The van der Waals surface area contributed by atoms with E-state index in [4.69, 9.17) is 0 Å². The highest BCUT2D eigenvalue weighted by atomic mass is 19.1. The number of carbonyl (C=O) groups is 1. The number of nitrogens with one attached hydrogen (secondary N) is 1. The number of amides is 1. The molecule has 0 radical (unpaired) electrons. The van der Waals surface area contributed by atoms with Crippen LogP contribution in [0.5, 0.6) is 0 Å². The van der Waals surface area contributed by atoms with Crippen molar-refractivity contribution in [3.8, 4) is 16.9 Å². The summed E-state index contributed by atoms with van der Waals surface area (Å²) in [7, 11) is 0. The smallest absolute Gasteiger partial charge is 0.274 e. The number of aromatic nitrogens is 2. The van der Waals surface area contributed by atoms with Crippen LogP contribution in [0.4, 0.5) is 20.2 Å². The Bertz CT molecular complexity index is 1270. The summed E-state index contributed by atoms with van der Waals surface area (Å²) >= 11 is 0. The molecule has 0 atom stereocenters. The van der Waals surface area contributed by atoms with Crippen molar-refractivity contribution in [1.29, 1.82) is 0 Å². The van der Waals surface area contributed by atoms with Gasteiger partial charge in [0, 0.05) is 23.4 Å². The number of rotatable bonds is 5. The van der Waals surface area contributed by atoms with Crippen LogP contribution in [0.1, 0.15) is 10.5 Å². The largest absolute Gasteiger partial charge is 0.321 e. The molecule has 0 aliphatic rings. The lowest BCUT2D eigenvalue weighted by molar-refractivity contribution is -0.384. The number of anilines is 1. The van der Waals surface area contributed by atoms with Crippen LogP contribution in [0.25, 0.3) is 16.9 Å². The van der Waals surface area contributed by atoms with Gasteiger partial charge in [-0.05, 0) is 60.7 Å². The molecule has 0 bridgehead atoms. The molecule has 31 heavy (non-hydrogen) atoms. The van der Waals surface area contributed by atoms with Crippen LogP contribution >= 0.6 is 0 Å². The second kappa shape index (κ2) is 8.15. The van der Waals surface area contributed by atoms with Gasteiger partial charge in [0.2, 0.25) is 0 Å². The van der Waals surface area contributed by atoms with Crippen molar-refractivity contribution in [2.75, 3.05) is 5.32 Å². The number of nitro groups is 1. The van der Waals surface area contributed by atoms with Crippen LogP contribution < -0.4 is 5.32 Å². The number of carbonyl (C=O) groups excluding carboxylic acids is 1. The Morgan fingerprint density at radius 3 is 2.23 bits per heavy atom. The third kappa shape index (κ3) is 4.30. The fraction of sp³-hybridized carbons (Fsp3) is 0. The molecule has 0 aliphatic carbocycles. The minimum atomic E-state index is -0.557. The number of hydrogen-bond donors (Lipinski definition) is 1. The van der Waals surface area contributed by atoms with E-state index in [0.29, 0.717) is 22.6 Å². The van der Waals surface area contributed by atoms with Gasteiger partial charge in [-0.25, -0.2) is 13.5 Å². The number of non-ortho nitro benzene ring substituents is 1. The Labute approximate surface area is 174 Å². The predicted molar refractivity (Wildman–Crippen MR) is 110 cm³/mol. The van der Waals surface area contributed by atoms with Gasteiger partial charge in [0.25, 0.3) is 11.6 Å². The highest BCUT2D eigenvalue weighted by Gasteiger charge is 2.19. The van der Waals surface area contributed by atoms with Crippen LogP contribution in [0, 0.1) is 21.7 Å².